The van der Waals surface area contributed by atoms with Crippen LogP contribution in [0, 0.1) is 0 Å². The maximum atomic E-state index is 9.05. The second kappa shape index (κ2) is 9.25. The van der Waals surface area contributed by atoms with Crippen LogP contribution in [0.5, 0.6) is 5.75 Å². The first kappa shape index (κ1) is 21.4. The Labute approximate surface area is 206 Å². The van der Waals surface area contributed by atoms with Crippen LogP contribution >= 0.6 is 0 Å². The molecule has 1 aliphatic carbocycles. The number of aliphatic hydroxyl groups is 1. The van der Waals surface area contributed by atoms with E-state index in [9.17, 15) is 0 Å². The highest BCUT2D eigenvalue weighted by Gasteiger charge is 2.26. The van der Waals surface area contributed by atoms with Gasteiger partial charge in [-0.2, -0.15) is 0 Å². The van der Waals surface area contributed by atoms with Crippen LogP contribution in [0.3, 0.4) is 0 Å². The Morgan fingerprint density at radius 3 is 1.83 bits per heavy atom. The molecule has 0 spiro atoms. The summed E-state index contributed by atoms with van der Waals surface area (Å²) in [6.45, 7) is 0.311. The zero-order valence-electron chi connectivity index (χ0n) is 19.4. The topological polar surface area (TPSA) is 29.5 Å². The summed E-state index contributed by atoms with van der Waals surface area (Å²) in [4.78, 5) is 0. The number of rotatable bonds is 6. The van der Waals surface area contributed by atoms with Crippen LogP contribution in [0.2, 0.25) is 0 Å². The molecule has 0 aromatic heterocycles. The highest BCUT2D eigenvalue weighted by molar-refractivity contribution is 5.95. The average Bonchev–Trinajstić information content (AvgIpc) is 3.31. The molecular weight excluding hydrogens is 428 g/mol. The quantitative estimate of drug-likeness (QED) is 0.280. The summed E-state index contributed by atoms with van der Waals surface area (Å²) in [6, 6.07) is 40.8. The van der Waals surface area contributed by atoms with Crippen molar-refractivity contribution in [3.8, 4) is 50.3 Å². The van der Waals surface area contributed by atoms with E-state index in [0.717, 1.165) is 17.7 Å². The lowest BCUT2D eigenvalue weighted by Crippen LogP contribution is -2.01. The van der Waals surface area contributed by atoms with Crippen molar-refractivity contribution >= 4 is 0 Å². The lowest BCUT2D eigenvalue weighted by molar-refractivity contribution is 0.201. The monoisotopic (exact) mass is 454 g/mol. The highest BCUT2D eigenvalue weighted by atomic mass is 16.5. The molecule has 2 nitrogen and oxygen atoms in total. The van der Waals surface area contributed by atoms with Crippen LogP contribution in [0.4, 0.5) is 0 Å². The molecule has 0 saturated heterocycles. The van der Waals surface area contributed by atoms with Gasteiger partial charge in [0.05, 0.1) is 6.61 Å². The maximum Gasteiger partial charge on any atom is 0.119 e. The second-order valence-corrected chi connectivity index (χ2v) is 8.85. The van der Waals surface area contributed by atoms with Crippen molar-refractivity contribution < 1.29 is 9.84 Å². The van der Waals surface area contributed by atoms with Gasteiger partial charge in [-0.25, -0.2) is 0 Å². The molecule has 1 aliphatic rings. The summed E-state index contributed by atoms with van der Waals surface area (Å²) in [5.74, 6) is 0.769. The van der Waals surface area contributed by atoms with Gasteiger partial charge in [0, 0.05) is 0 Å². The summed E-state index contributed by atoms with van der Waals surface area (Å²) in [5, 5.41) is 9.05. The minimum absolute atomic E-state index is 0.0102. The largest absolute Gasteiger partial charge is 0.491 e. The molecule has 0 bridgehead atoms. The molecule has 5 aromatic carbocycles. The van der Waals surface area contributed by atoms with Crippen LogP contribution in [0.25, 0.3) is 44.5 Å². The van der Waals surface area contributed by atoms with Crippen molar-refractivity contribution in [3.05, 3.63) is 126 Å². The molecule has 1 N–H and O–H groups in total. The summed E-state index contributed by atoms with van der Waals surface area (Å²) in [6.07, 6.45) is 0.908. The average molecular weight is 455 g/mol. The molecule has 0 amide bonds. The van der Waals surface area contributed by atoms with Gasteiger partial charge in [0.15, 0.2) is 0 Å². The van der Waals surface area contributed by atoms with Gasteiger partial charge in [-0.3, -0.25) is 0 Å². The van der Waals surface area contributed by atoms with Crippen LogP contribution in [0.1, 0.15) is 11.1 Å². The molecule has 0 fully saturated rings. The van der Waals surface area contributed by atoms with Crippen LogP contribution in [-0.4, -0.2) is 18.3 Å². The minimum Gasteiger partial charge on any atom is -0.491 e. The van der Waals surface area contributed by atoms with Crippen LogP contribution < -0.4 is 4.74 Å². The van der Waals surface area contributed by atoms with Crippen molar-refractivity contribution in [2.24, 2.45) is 0 Å². The van der Waals surface area contributed by atoms with E-state index < -0.39 is 0 Å². The third kappa shape index (κ3) is 3.92. The fourth-order valence-corrected chi connectivity index (χ4v) is 5.25. The van der Waals surface area contributed by atoms with E-state index in [1.165, 1.54) is 50.1 Å². The molecule has 2 heteroatoms. The SMILES string of the molecule is OCCOc1ccc(-c2ccc3c(c2-c2ccccc2)Cc2c(-c4ccccc4)cccc2-3)cc1. The van der Waals surface area contributed by atoms with Gasteiger partial charge in [-0.05, 0) is 74.2 Å². The predicted molar refractivity (Wildman–Crippen MR) is 144 cm³/mol. The molecule has 0 radical (unpaired) electrons. The summed E-state index contributed by atoms with van der Waals surface area (Å²) < 4.78 is 5.58. The lowest BCUT2D eigenvalue weighted by Gasteiger charge is -2.16. The minimum atomic E-state index is 0.0102. The number of hydrogen-bond donors (Lipinski definition) is 1. The second-order valence-electron chi connectivity index (χ2n) is 8.85. The predicted octanol–water partition coefficient (Wildman–Crippen LogP) is 7.63. The number of fused-ring (bicyclic) bond motifs is 3. The Hall–Kier alpha value is -4.14. The zero-order chi connectivity index (χ0) is 23.6. The molecule has 170 valence electrons. The molecule has 0 unspecified atom stereocenters. The van der Waals surface area contributed by atoms with Gasteiger partial charge in [-0.15, -0.1) is 0 Å². The van der Waals surface area contributed by atoms with Gasteiger partial charge in [0.2, 0.25) is 0 Å². The van der Waals surface area contributed by atoms with E-state index in [0.29, 0.717) is 6.61 Å². The molecule has 5 aromatic rings. The first-order valence-corrected chi connectivity index (χ1v) is 12.1. The van der Waals surface area contributed by atoms with E-state index in [1.54, 1.807) is 0 Å². The summed E-state index contributed by atoms with van der Waals surface area (Å²) in [7, 11) is 0. The van der Waals surface area contributed by atoms with E-state index in [-0.39, 0.29) is 6.61 Å². The Kier molecular flexibility index (Phi) is 5.65. The van der Waals surface area contributed by atoms with Crippen molar-refractivity contribution in [1.82, 2.24) is 0 Å². The first-order chi connectivity index (χ1) is 17.3. The Morgan fingerprint density at radius 2 is 1.11 bits per heavy atom. The van der Waals surface area contributed by atoms with Gasteiger partial charge in [0.1, 0.15) is 12.4 Å². The van der Waals surface area contributed by atoms with Crippen molar-refractivity contribution in [3.63, 3.8) is 0 Å². The third-order valence-corrected chi connectivity index (χ3v) is 6.81. The van der Waals surface area contributed by atoms with Crippen LogP contribution in [-0.2, 0) is 6.42 Å². The molecule has 0 atom stereocenters. The fourth-order valence-electron chi connectivity index (χ4n) is 5.25. The summed E-state index contributed by atoms with van der Waals surface area (Å²) >= 11 is 0. The van der Waals surface area contributed by atoms with Gasteiger partial charge in [-0.1, -0.05) is 103 Å². The van der Waals surface area contributed by atoms with E-state index >= 15 is 0 Å². The smallest absolute Gasteiger partial charge is 0.119 e. The molecule has 0 heterocycles. The van der Waals surface area contributed by atoms with Crippen molar-refractivity contribution in [1.29, 1.82) is 0 Å². The Balaban J connectivity index is 1.51. The number of ether oxygens (including phenoxy) is 1. The number of hydrogen-bond acceptors (Lipinski definition) is 2. The Bertz CT molecular complexity index is 1470. The first-order valence-electron chi connectivity index (χ1n) is 12.1. The lowest BCUT2D eigenvalue weighted by atomic mass is 9.88. The highest BCUT2D eigenvalue weighted by Crippen LogP contribution is 2.48. The Morgan fingerprint density at radius 1 is 0.514 bits per heavy atom. The maximum absolute atomic E-state index is 9.05. The molecule has 6 rings (SSSR count). The number of benzene rings is 5. The standard InChI is InChI=1S/C33H26O2/c34-20-21-35-26-16-14-24(15-17-26)28-18-19-30-29-13-7-12-27(23-8-3-1-4-9-23)31(29)22-32(30)33(28)25-10-5-2-6-11-25/h1-19,34H,20-22H2. The molecule has 0 saturated carbocycles. The molecule has 0 aliphatic heterocycles. The summed E-state index contributed by atoms with van der Waals surface area (Å²) in [5.41, 5.74) is 12.9. The fraction of sp³-hybridized carbons (Fsp3) is 0.0909. The van der Waals surface area contributed by atoms with E-state index in [2.05, 4.69) is 103 Å². The molecular formula is C33H26O2. The van der Waals surface area contributed by atoms with Gasteiger partial charge < -0.3 is 9.84 Å². The van der Waals surface area contributed by atoms with E-state index in [1.807, 2.05) is 12.1 Å². The normalized spacial score (nSPS) is 11.7. The van der Waals surface area contributed by atoms with Gasteiger partial charge in [0.25, 0.3) is 0 Å². The molecule has 35 heavy (non-hydrogen) atoms. The van der Waals surface area contributed by atoms with Crippen molar-refractivity contribution in [2.45, 2.75) is 6.42 Å². The third-order valence-electron chi connectivity index (χ3n) is 6.81. The van der Waals surface area contributed by atoms with Gasteiger partial charge >= 0.3 is 0 Å². The number of aliphatic hydroxyl groups excluding tert-OH is 1. The van der Waals surface area contributed by atoms with Crippen LogP contribution in [0.15, 0.2) is 115 Å². The van der Waals surface area contributed by atoms with E-state index in [4.69, 9.17) is 9.84 Å². The van der Waals surface area contributed by atoms with Crippen molar-refractivity contribution in [2.75, 3.05) is 13.2 Å². The zero-order valence-corrected chi connectivity index (χ0v) is 19.4.